The van der Waals surface area contributed by atoms with Crippen molar-refractivity contribution in [3.05, 3.63) is 65.2 Å². The molecule has 2 aromatic rings. The molecule has 1 aliphatic heterocycles. The Kier molecular flexibility index (Phi) is 5.20. The van der Waals surface area contributed by atoms with Crippen LogP contribution in [0.15, 0.2) is 42.5 Å². The molecule has 1 saturated heterocycles. The van der Waals surface area contributed by atoms with Crippen LogP contribution in [0.4, 0.5) is 14.5 Å². The molecule has 1 aliphatic rings. The number of anilines is 1. The van der Waals surface area contributed by atoms with E-state index in [9.17, 15) is 13.6 Å². The lowest BCUT2D eigenvalue weighted by Crippen LogP contribution is -2.29. The molecule has 0 bridgehead atoms. The normalized spacial score (nSPS) is 15.2. The molecule has 1 N–H and O–H groups in total. The Morgan fingerprint density at radius 2 is 1.71 bits per heavy atom. The number of hydrogen-bond acceptors (Lipinski definition) is 2. The molecular weight excluding hydrogens is 310 g/mol. The zero-order valence-electron chi connectivity index (χ0n) is 13.4. The van der Waals surface area contributed by atoms with Crippen LogP contribution in [-0.4, -0.2) is 23.9 Å². The van der Waals surface area contributed by atoms with Crippen molar-refractivity contribution in [2.75, 3.05) is 18.4 Å². The lowest BCUT2D eigenvalue weighted by molar-refractivity contribution is 0.102. The first kappa shape index (κ1) is 16.6. The zero-order chi connectivity index (χ0) is 16.9. The summed E-state index contributed by atoms with van der Waals surface area (Å²) in [6.45, 7) is 3.14. The molecule has 24 heavy (non-hydrogen) atoms. The third-order valence-corrected chi connectivity index (χ3v) is 4.24. The molecule has 3 nitrogen and oxygen atoms in total. The van der Waals surface area contributed by atoms with Gasteiger partial charge in [0.05, 0.1) is 5.56 Å². The molecule has 1 fully saturated rings. The van der Waals surface area contributed by atoms with Crippen LogP contribution in [0, 0.1) is 11.6 Å². The first-order valence-electron chi connectivity index (χ1n) is 8.19. The monoisotopic (exact) mass is 330 g/mol. The van der Waals surface area contributed by atoms with Crippen molar-refractivity contribution in [1.29, 1.82) is 0 Å². The fourth-order valence-corrected chi connectivity index (χ4v) is 2.94. The molecule has 5 heteroatoms. The number of carbonyl (C=O) groups is 1. The summed E-state index contributed by atoms with van der Waals surface area (Å²) in [5, 5.41) is 2.60. The minimum atomic E-state index is -0.740. The summed E-state index contributed by atoms with van der Waals surface area (Å²) in [5.41, 5.74) is 1.44. The molecule has 1 heterocycles. The van der Waals surface area contributed by atoms with Crippen LogP contribution in [0.5, 0.6) is 0 Å². The van der Waals surface area contributed by atoms with Gasteiger partial charge in [0.2, 0.25) is 0 Å². The first-order chi connectivity index (χ1) is 11.6. The van der Waals surface area contributed by atoms with E-state index in [2.05, 4.69) is 10.2 Å². The number of hydrogen-bond donors (Lipinski definition) is 1. The van der Waals surface area contributed by atoms with E-state index >= 15 is 0 Å². The topological polar surface area (TPSA) is 32.3 Å². The Morgan fingerprint density at radius 3 is 2.42 bits per heavy atom. The number of amides is 1. The number of carbonyl (C=O) groups excluding carboxylic acids is 1. The van der Waals surface area contributed by atoms with Crippen molar-refractivity contribution in [2.24, 2.45) is 0 Å². The Balaban J connectivity index is 1.63. The Labute approximate surface area is 140 Å². The molecule has 0 atom stereocenters. The number of nitrogens with one attached hydrogen (secondary N) is 1. The second-order valence-corrected chi connectivity index (χ2v) is 6.11. The smallest absolute Gasteiger partial charge is 0.258 e. The summed E-state index contributed by atoms with van der Waals surface area (Å²) < 4.78 is 26.8. The summed E-state index contributed by atoms with van der Waals surface area (Å²) in [6.07, 6.45) is 3.79. The van der Waals surface area contributed by atoms with E-state index in [-0.39, 0.29) is 5.56 Å². The molecule has 0 saturated carbocycles. The number of halogens is 2. The predicted molar refractivity (Wildman–Crippen MR) is 89.9 cm³/mol. The Bertz CT molecular complexity index is 710. The summed E-state index contributed by atoms with van der Waals surface area (Å²) in [6, 6.07) is 10.3. The van der Waals surface area contributed by atoms with Crippen LogP contribution in [0.2, 0.25) is 0 Å². The third-order valence-electron chi connectivity index (χ3n) is 4.24. The second kappa shape index (κ2) is 7.53. The van der Waals surface area contributed by atoms with Crippen molar-refractivity contribution in [1.82, 2.24) is 4.90 Å². The maximum Gasteiger partial charge on any atom is 0.258 e. The molecule has 0 radical (unpaired) electrons. The lowest BCUT2D eigenvalue weighted by atomic mass is 10.1. The fourth-order valence-electron chi connectivity index (χ4n) is 2.94. The molecule has 0 aromatic heterocycles. The van der Waals surface area contributed by atoms with Crippen LogP contribution in [0.3, 0.4) is 0 Å². The average Bonchev–Trinajstić information content (AvgIpc) is 2.59. The SMILES string of the molecule is O=C(Nc1ccc(CN2CCCCC2)cc1)c1cc(F)ccc1F. The van der Waals surface area contributed by atoms with Gasteiger partial charge in [-0.2, -0.15) is 0 Å². The van der Waals surface area contributed by atoms with Gasteiger partial charge in [-0.05, 0) is 61.8 Å². The molecule has 126 valence electrons. The number of benzene rings is 2. The summed E-state index contributed by atoms with van der Waals surface area (Å²) in [4.78, 5) is 14.5. The van der Waals surface area contributed by atoms with Gasteiger partial charge in [0.1, 0.15) is 11.6 Å². The van der Waals surface area contributed by atoms with E-state index in [4.69, 9.17) is 0 Å². The molecule has 0 spiro atoms. The van der Waals surface area contributed by atoms with E-state index < -0.39 is 17.5 Å². The van der Waals surface area contributed by atoms with Gasteiger partial charge in [-0.1, -0.05) is 18.6 Å². The van der Waals surface area contributed by atoms with Crippen LogP contribution in [0.1, 0.15) is 35.2 Å². The quantitative estimate of drug-likeness (QED) is 0.911. The highest BCUT2D eigenvalue weighted by Crippen LogP contribution is 2.17. The average molecular weight is 330 g/mol. The van der Waals surface area contributed by atoms with Gasteiger partial charge in [-0.25, -0.2) is 8.78 Å². The van der Waals surface area contributed by atoms with Crippen molar-refractivity contribution < 1.29 is 13.6 Å². The maximum atomic E-state index is 13.6. The first-order valence-corrected chi connectivity index (χ1v) is 8.19. The van der Waals surface area contributed by atoms with E-state index in [0.29, 0.717) is 5.69 Å². The summed E-state index contributed by atoms with van der Waals surface area (Å²) in [5.74, 6) is -2.04. The lowest BCUT2D eigenvalue weighted by Gasteiger charge is -2.26. The minimum Gasteiger partial charge on any atom is -0.322 e. The van der Waals surface area contributed by atoms with Gasteiger partial charge in [-0.15, -0.1) is 0 Å². The van der Waals surface area contributed by atoms with Gasteiger partial charge >= 0.3 is 0 Å². The van der Waals surface area contributed by atoms with Crippen molar-refractivity contribution in [3.8, 4) is 0 Å². The van der Waals surface area contributed by atoms with Crippen LogP contribution < -0.4 is 5.32 Å². The molecule has 0 aliphatic carbocycles. The Hall–Kier alpha value is -2.27. The number of rotatable bonds is 4. The number of nitrogens with zero attached hydrogens (tertiary/aromatic N) is 1. The van der Waals surface area contributed by atoms with E-state index in [0.717, 1.165) is 37.8 Å². The minimum absolute atomic E-state index is 0.299. The van der Waals surface area contributed by atoms with Gasteiger partial charge in [-0.3, -0.25) is 9.69 Å². The maximum absolute atomic E-state index is 13.6. The zero-order valence-corrected chi connectivity index (χ0v) is 13.4. The fraction of sp³-hybridized carbons (Fsp3) is 0.316. The molecule has 2 aromatic carbocycles. The van der Waals surface area contributed by atoms with Gasteiger partial charge in [0.25, 0.3) is 5.91 Å². The van der Waals surface area contributed by atoms with Gasteiger partial charge in [0, 0.05) is 12.2 Å². The van der Waals surface area contributed by atoms with E-state index in [1.54, 1.807) is 12.1 Å². The number of piperidine rings is 1. The van der Waals surface area contributed by atoms with E-state index in [1.807, 2.05) is 12.1 Å². The van der Waals surface area contributed by atoms with Crippen molar-refractivity contribution in [2.45, 2.75) is 25.8 Å². The molecule has 1 amide bonds. The third kappa shape index (κ3) is 4.17. The van der Waals surface area contributed by atoms with Crippen molar-refractivity contribution in [3.63, 3.8) is 0 Å². The highest BCUT2D eigenvalue weighted by molar-refractivity contribution is 6.04. The van der Waals surface area contributed by atoms with Gasteiger partial charge in [0.15, 0.2) is 0 Å². The van der Waals surface area contributed by atoms with Crippen LogP contribution >= 0.6 is 0 Å². The van der Waals surface area contributed by atoms with Crippen LogP contribution in [-0.2, 0) is 6.54 Å². The number of likely N-dealkylation sites (tertiary alicyclic amines) is 1. The predicted octanol–water partition coefficient (Wildman–Crippen LogP) is 4.20. The van der Waals surface area contributed by atoms with E-state index in [1.165, 1.54) is 24.8 Å². The summed E-state index contributed by atoms with van der Waals surface area (Å²) in [7, 11) is 0. The highest BCUT2D eigenvalue weighted by Gasteiger charge is 2.14. The van der Waals surface area contributed by atoms with Crippen molar-refractivity contribution >= 4 is 11.6 Å². The second-order valence-electron chi connectivity index (χ2n) is 6.11. The molecular formula is C19H20F2N2O. The summed E-state index contributed by atoms with van der Waals surface area (Å²) >= 11 is 0. The highest BCUT2D eigenvalue weighted by atomic mass is 19.1. The van der Waals surface area contributed by atoms with Gasteiger partial charge < -0.3 is 5.32 Å². The Morgan fingerprint density at radius 1 is 1.00 bits per heavy atom. The molecule has 0 unspecified atom stereocenters. The largest absolute Gasteiger partial charge is 0.322 e. The molecule has 3 rings (SSSR count). The standard InChI is InChI=1S/C19H20F2N2O/c20-15-6-9-18(21)17(12-15)19(24)22-16-7-4-14(5-8-16)13-23-10-2-1-3-11-23/h4-9,12H,1-3,10-11,13H2,(H,22,24). The van der Waals surface area contributed by atoms with Crippen LogP contribution in [0.25, 0.3) is 0 Å².